The van der Waals surface area contributed by atoms with E-state index >= 15 is 0 Å². The first-order chi connectivity index (χ1) is 8.43. The number of rotatable bonds is 6. The molecule has 0 aliphatic rings. The van der Waals surface area contributed by atoms with E-state index in [1.54, 1.807) is 0 Å². The second-order valence-corrected chi connectivity index (χ2v) is 5.21. The molecule has 0 spiro atoms. The Morgan fingerprint density at radius 2 is 1.95 bits per heavy atom. The lowest BCUT2D eigenvalue weighted by atomic mass is 10.2. The third-order valence-corrected chi connectivity index (χ3v) is 2.69. The van der Waals surface area contributed by atoms with E-state index in [-0.39, 0.29) is 17.5 Å². The summed E-state index contributed by atoms with van der Waals surface area (Å²) in [6, 6.07) is 10.3. The third kappa shape index (κ3) is 6.74. The van der Waals surface area contributed by atoms with Gasteiger partial charge in [0.05, 0.1) is 14.1 Å². The summed E-state index contributed by atoms with van der Waals surface area (Å²) in [6.45, 7) is 6.99. The zero-order chi connectivity index (χ0) is 13.6. The summed E-state index contributed by atoms with van der Waals surface area (Å²) in [5.74, 6) is -0.359. The normalized spacial score (nSPS) is 12.2. The molecule has 0 bridgehead atoms. The van der Waals surface area contributed by atoms with Crippen molar-refractivity contribution in [2.75, 3.05) is 20.6 Å². The fraction of sp³-hybridized carbons (Fsp3) is 0.400. The zero-order valence-corrected chi connectivity index (χ0v) is 11.9. The second kappa shape index (κ2) is 7.71. The number of benzene rings is 1. The van der Waals surface area contributed by atoms with Gasteiger partial charge in [0.15, 0.2) is 0 Å². The Morgan fingerprint density at radius 3 is 2.47 bits per heavy atom. The molecule has 0 aliphatic heterocycles. The molecule has 1 rings (SSSR count). The molecule has 0 fully saturated rings. The van der Waals surface area contributed by atoms with Gasteiger partial charge in [-0.25, -0.2) is 4.79 Å². The molecule has 0 heterocycles. The average molecular weight is 265 g/mol. The number of esters is 1. The van der Waals surface area contributed by atoms with Crippen LogP contribution in [0.5, 0.6) is 0 Å². The summed E-state index contributed by atoms with van der Waals surface area (Å²) in [7, 11) is 4.26. The van der Waals surface area contributed by atoms with Crippen molar-refractivity contribution in [2.45, 2.75) is 19.6 Å². The molecule has 1 aromatic carbocycles. The molecule has 1 N–H and O–H groups in total. The minimum absolute atomic E-state index is 0. The van der Waals surface area contributed by atoms with E-state index in [1.165, 1.54) is 11.6 Å². The number of carbonyl (C=O) groups excluding carboxylic acids is 1. The smallest absolute Gasteiger partial charge is 0.330 e. The lowest BCUT2D eigenvalue weighted by Crippen LogP contribution is -2.44. The molecule has 1 unspecified atom stereocenters. The first-order valence-corrected chi connectivity index (χ1v) is 6.12. The maximum atomic E-state index is 11.1. The number of hydrogen-bond acceptors (Lipinski definition) is 3. The molecule has 0 radical (unpaired) electrons. The highest BCUT2D eigenvalue weighted by molar-refractivity contribution is 5.81. The SMILES string of the molecule is C=CC(=O)OC(C)C[N+](C)(C)Cc1ccccc1.[OH-]. The summed E-state index contributed by atoms with van der Waals surface area (Å²) < 4.78 is 5.97. The molecular weight excluding hydrogens is 242 g/mol. The van der Waals surface area contributed by atoms with Crippen LogP contribution in [0, 0.1) is 0 Å². The first-order valence-electron chi connectivity index (χ1n) is 6.12. The molecule has 19 heavy (non-hydrogen) atoms. The first kappa shape index (κ1) is 17.4. The van der Waals surface area contributed by atoms with Crippen LogP contribution in [0.4, 0.5) is 0 Å². The van der Waals surface area contributed by atoms with E-state index in [9.17, 15) is 4.79 Å². The highest BCUT2D eigenvalue weighted by Gasteiger charge is 2.21. The fourth-order valence-electron chi connectivity index (χ4n) is 2.12. The molecule has 106 valence electrons. The van der Waals surface area contributed by atoms with E-state index in [4.69, 9.17) is 4.74 Å². The van der Waals surface area contributed by atoms with Gasteiger partial charge in [-0.05, 0) is 6.92 Å². The summed E-state index contributed by atoms with van der Waals surface area (Å²) in [5, 5.41) is 0. The standard InChI is InChI=1S/C15H22NO2.H2O/c1-5-15(17)18-13(2)11-16(3,4)12-14-9-7-6-8-10-14;/h5-10,13H,1,11-12H2,2-4H3;1H2/q+1;/p-1. The van der Waals surface area contributed by atoms with Crippen molar-refractivity contribution in [1.29, 1.82) is 0 Å². The maximum Gasteiger partial charge on any atom is 0.330 e. The molecule has 4 heteroatoms. The Morgan fingerprint density at radius 1 is 1.37 bits per heavy atom. The lowest BCUT2D eigenvalue weighted by molar-refractivity contribution is -0.906. The molecular formula is C15H23NO3. The van der Waals surface area contributed by atoms with Crippen LogP contribution in [-0.4, -0.2) is 42.7 Å². The minimum atomic E-state index is -0.359. The van der Waals surface area contributed by atoms with Crippen molar-refractivity contribution in [3.63, 3.8) is 0 Å². The van der Waals surface area contributed by atoms with Crippen LogP contribution in [0.25, 0.3) is 0 Å². The van der Waals surface area contributed by atoms with E-state index in [0.717, 1.165) is 17.6 Å². The van der Waals surface area contributed by atoms with Crippen LogP contribution in [0.15, 0.2) is 43.0 Å². The van der Waals surface area contributed by atoms with E-state index in [0.29, 0.717) is 0 Å². The number of ether oxygens (including phenoxy) is 1. The summed E-state index contributed by atoms with van der Waals surface area (Å²) in [6.07, 6.45) is 1.09. The molecule has 1 aromatic rings. The Hall–Kier alpha value is -1.65. The molecule has 0 aliphatic carbocycles. The average Bonchev–Trinajstić information content (AvgIpc) is 2.28. The van der Waals surface area contributed by atoms with E-state index in [2.05, 4.69) is 32.8 Å². The quantitative estimate of drug-likeness (QED) is 0.450. The van der Waals surface area contributed by atoms with Gasteiger partial charge in [0, 0.05) is 11.6 Å². The van der Waals surface area contributed by atoms with Crippen LogP contribution in [0.3, 0.4) is 0 Å². The van der Waals surface area contributed by atoms with E-state index < -0.39 is 0 Å². The maximum absolute atomic E-state index is 11.1. The highest BCUT2D eigenvalue weighted by Crippen LogP contribution is 2.11. The van der Waals surface area contributed by atoms with Crippen molar-refractivity contribution < 1.29 is 19.5 Å². The monoisotopic (exact) mass is 265 g/mol. The van der Waals surface area contributed by atoms with E-state index in [1.807, 2.05) is 25.1 Å². The Balaban J connectivity index is 0.00000324. The molecule has 0 saturated carbocycles. The van der Waals surface area contributed by atoms with Gasteiger partial charge in [-0.3, -0.25) is 0 Å². The summed E-state index contributed by atoms with van der Waals surface area (Å²) in [4.78, 5) is 11.1. The summed E-state index contributed by atoms with van der Waals surface area (Å²) >= 11 is 0. The van der Waals surface area contributed by atoms with Crippen LogP contribution >= 0.6 is 0 Å². The molecule has 0 aromatic heterocycles. The summed E-state index contributed by atoms with van der Waals surface area (Å²) in [5.41, 5.74) is 1.28. The Bertz CT molecular complexity index is 401. The van der Waals surface area contributed by atoms with Gasteiger partial charge in [-0.15, -0.1) is 0 Å². The van der Waals surface area contributed by atoms with Gasteiger partial charge in [0.2, 0.25) is 0 Å². The number of quaternary nitrogens is 1. The number of carbonyl (C=O) groups is 1. The predicted octanol–water partition coefficient (Wildman–Crippen LogP) is 2.20. The Labute approximate surface area is 115 Å². The molecule has 0 saturated heterocycles. The van der Waals surface area contributed by atoms with Crippen molar-refractivity contribution in [2.24, 2.45) is 0 Å². The van der Waals surface area contributed by atoms with Crippen LogP contribution < -0.4 is 0 Å². The largest absolute Gasteiger partial charge is 0.870 e. The molecule has 0 amide bonds. The van der Waals surface area contributed by atoms with Gasteiger partial charge in [-0.1, -0.05) is 36.9 Å². The minimum Gasteiger partial charge on any atom is -0.870 e. The van der Waals surface area contributed by atoms with Crippen LogP contribution in [-0.2, 0) is 16.1 Å². The predicted molar refractivity (Wildman–Crippen MR) is 74.8 cm³/mol. The van der Waals surface area contributed by atoms with Gasteiger partial charge in [-0.2, -0.15) is 0 Å². The zero-order valence-electron chi connectivity index (χ0n) is 11.9. The number of nitrogens with zero attached hydrogens (tertiary/aromatic N) is 1. The van der Waals surface area contributed by atoms with Crippen molar-refractivity contribution >= 4 is 5.97 Å². The second-order valence-electron chi connectivity index (χ2n) is 5.21. The van der Waals surface area contributed by atoms with Crippen LogP contribution in [0.2, 0.25) is 0 Å². The number of likely N-dealkylation sites (N-methyl/N-ethyl adjacent to an activating group) is 1. The van der Waals surface area contributed by atoms with Crippen molar-refractivity contribution in [3.05, 3.63) is 48.6 Å². The van der Waals surface area contributed by atoms with Crippen LogP contribution in [0.1, 0.15) is 12.5 Å². The van der Waals surface area contributed by atoms with Gasteiger partial charge >= 0.3 is 5.97 Å². The third-order valence-electron chi connectivity index (χ3n) is 2.69. The van der Waals surface area contributed by atoms with Crippen molar-refractivity contribution in [3.8, 4) is 0 Å². The topological polar surface area (TPSA) is 56.3 Å². The number of hydrogen-bond donors (Lipinski definition) is 0. The van der Waals surface area contributed by atoms with Gasteiger partial charge < -0.3 is 14.7 Å². The van der Waals surface area contributed by atoms with Gasteiger partial charge in [0.1, 0.15) is 19.2 Å². The molecule has 4 nitrogen and oxygen atoms in total. The van der Waals surface area contributed by atoms with Crippen molar-refractivity contribution in [1.82, 2.24) is 0 Å². The molecule has 1 atom stereocenters. The van der Waals surface area contributed by atoms with Gasteiger partial charge in [0.25, 0.3) is 0 Å². The fourth-order valence-corrected chi connectivity index (χ4v) is 2.12. The Kier molecular flexibility index (Phi) is 7.04. The highest BCUT2D eigenvalue weighted by atomic mass is 16.5. The lowest BCUT2D eigenvalue weighted by Gasteiger charge is -2.32.